The highest BCUT2D eigenvalue weighted by molar-refractivity contribution is 5.88. The molecule has 17 heavy (non-hydrogen) atoms. The van der Waals surface area contributed by atoms with Gasteiger partial charge in [-0.25, -0.2) is 9.18 Å². The molecule has 1 aliphatic heterocycles. The Morgan fingerprint density at radius 1 is 1.35 bits per heavy atom. The molecule has 1 aromatic carbocycles. The van der Waals surface area contributed by atoms with Crippen LogP contribution in [0.1, 0.15) is 10.4 Å². The smallest absolute Gasteiger partial charge is 0.335 e. The number of nitrogens with zero attached hydrogens (tertiary/aromatic N) is 1. The van der Waals surface area contributed by atoms with E-state index in [-0.39, 0.29) is 18.0 Å². The van der Waals surface area contributed by atoms with Gasteiger partial charge in [-0.1, -0.05) is 0 Å². The third-order valence-electron chi connectivity index (χ3n) is 2.65. The first-order chi connectivity index (χ1) is 7.68. The summed E-state index contributed by atoms with van der Waals surface area (Å²) in [6.45, 7) is 3.12. The van der Waals surface area contributed by atoms with Gasteiger partial charge in [-0.15, -0.1) is 12.4 Å². The van der Waals surface area contributed by atoms with Gasteiger partial charge in [0.1, 0.15) is 5.82 Å². The maximum atomic E-state index is 13.7. The van der Waals surface area contributed by atoms with E-state index in [1.807, 2.05) is 4.90 Å². The molecule has 1 saturated heterocycles. The molecule has 0 bridgehead atoms. The fourth-order valence-corrected chi connectivity index (χ4v) is 1.80. The van der Waals surface area contributed by atoms with Crippen LogP contribution in [0.5, 0.6) is 0 Å². The molecule has 0 aliphatic carbocycles. The van der Waals surface area contributed by atoms with E-state index >= 15 is 0 Å². The monoisotopic (exact) mass is 260 g/mol. The lowest BCUT2D eigenvalue weighted by Gasteiger charge is -2.29. The quantitative estimate of drug-likeness (QED) is 0.843. The number of anilines is 1. The van der Waals surface area contributed by atoms with E-state index in [1.54, 1.807) is 0 Å². The number of nitrogens with one attached hydrogen (secondary N) is 1. The number of carbonyl (C=O) groups is 1. The number of benzene rings is 1. The second kappa shape index (κ2) is 5.84. The summed E-state index contributed by atoms with van der Waals surface area (Å²) in [5, 5.41) is 11.9. The van der Waals surface area contributed by atoms with E-state index in [9.17, 15) is 9.18 Å². The summed E-state index contributed by atoms with van der Waals surface area (Å²) in [4.78, 5) is 12.6. The van der Waals surface area contributed by atoms with Crippen LogP contribution in [0, 0.1) is 5.82 Å². The fraction of sp³-hybridized carbons (Fsp3) is 0.364. The molecule has 0 saturated carbocycles. The van der Waals surface area contributed by atoms with Crippen molar-refractivity contribution in [1.29, 1.82) is 0 Å². The van der Waals surface area contributed by atoms with Crippen molar-refractivity contribution in [3.05, 3.63) is 29.6 Å². The van der Waals surface area contributed by atoms with Crippen LogP contribution < -0.4 is 10.2 Å². The minimum Gasteiger partial charge on any atom is -0.478 e. The molecule has 2 N–H and O–H groups in total. The zero-order valence-electron chi connectivity index (χ0n) is 9.15. The molecule has 2 rings (SSSR count). The van der Waals surface area contributed by atoms with E-state index in [1.165, 1.54) is 12.1 Å². The molecule has 0 amide bonds. The molecular formula is C11H14ClFN2O2. The van der Waals surface area contributed by atoms with Gasteiger partial charge < -0.3 is 15.3 Å². The van der Waals surface area contributed by atoms with Crippen LogP contribution in [0.3, 0.4) is 0 Å². The largest absolute Gasteiger partial charge is 0.478 e. The van der Waals surface area contributed by atoms with Crippen molar-refractivity contribution in [3.63, 3.8) is 0 Å². The van der Waals surface area contributed by atoms with Crippen molar-refractivity contribution in [2.75, 3.05) is 31.1 Å². The van der Waals surface area contributed by atoms with Gasteiger partial charge in [-0.3, -0.25) is 0 Å². The van der Waals surface area contributed by atoms with Gasteiger partial charge in [-0.2, -0.15) is 0 Å². The second-order valence-corrected chi connectivity index (χ2v) is 3.71. The first kappa shape index (κ1) is 13.7. The van der Waals surface area contributed by atoms with Crippen molar-refractivity contribution >= 4 is 24.1 Å². The van der Waals surface area contributed by atoms with Crippen LogP contribution in [0.15, 0.2) is 18.2 Å². The number of carboxylic acid groups (broad SMARTS) is 1. The van der Waals surface area contributed by atoms with Crippen LogP contribution in [0.4, 0.5) is 10.1 Å². The highest BCUT2D eigenvalue weighted by atomic mass is 35.5. The van der Waals surface area contributed by atoms with Gasteiger partial charge in [-0.05, 0) is 18.2 Å². The lowest BCUT2D eigenvalue weighted by atomic mass is 10.1. The third-order valence-corrected chi connectivity index (χ3v) is 2.65. The lowest BCUT2D eigenvalue weighted by Crippen LogP contribution is -2.43. The molecule has 1 aliphatic rings. The van der Waals surface area contributed by atoms with E-state index in [2.05, 4.69) is 5.32 Å². The Kier molecular flexibility index (Phi) is 4.72. The van der Waals surface area contributed by atoms with E-state index < -0.39 is 11.8 Å². The van der Waals surface area contributed by atoms with Gasteiger partial charge in [0.25, 0.3) is 0 Å². The predicted octanol–water partition coefficient (Wildman–Crippen LogP) is 1.36. The molecular weight excluding hydrogens is 247 g/mol. The van der Waals surface area contributed by atoms with Crippen molar-refractivity contribution in [2.24, 2.45) is 0 Å². The van der Waals surface area contributed by atoms with Crippen molar-refractivity contribution in [3.8, 4) is 0 Å². The highest BCUT2D eigenvalue weighted by Crippen LogP contribution is 2.20. The number of aromatic carboxylic acids is 1. The third kappa shape index (κ3) is 3.08. The maximum Gasteiger partial charge on any atom is 0.335 e. The highest BCUT2D eigenvalue weighted by Gasteiger charge is 2.15. The number of carboxylic acids is 1. The molecule has 4 nitrogen and oxygen atoms in total. The van der Waals surface area contributed by atoms with Gasteiger partial charge >= 0.3 is 5.97 Å². The molecule has 1 fully saturated rings. The first-order valence-electron chi connectivity index (χ1n) is 5.17. The standard InChI is InChI=1S/C11H13FN2O2.ClH/c12-9-7-8(11(15)16)1-2-10(9)14-5-3-13-4-6-14;/h1-2,7,13H,3-6H2,(H,15,16);1H. The fourth-order valence-electron chi connectivity index (χ4n) is 1.80. The Hall–Kier alpha value is -1.33. The van der Waals surface area contributed by atoms with Crippen LogP contribution in [-0.4, -0.2) is 37.3 Å². The minimum atomic E-state index is -1.11. The molecule has 1 heterocycles. The maximum absolute atomic E-state index is 13.7. The number of hydrogen-bond acceptors (Lipinski definition) is 3. The first-order valence-corrected chi connectivity index (χ1v) is 5.17. The number of halogens is 2. The summed E-state index contributed by atoms with van der Waals surface area (Å²) in [5.41, 5.74) is 0.461. The van der Waals surface area contributed by atoms with Crippen LogP contribution >= 0.6 is 12.4 Å². The molecule has 0 atom stereocenters. The summed E-state index contributed by atoms with van der Waals surface area (Å²) < 4.78 is 13.7. The van der Waals surface area contributed by atoms with E-state index in [0.717, 1.165) is 32.2 Å². The van der Waals surface area contributed by atoms with Gasteiger partial charge in [0.2, 0.25) is 0 Å². The Morgan fingerprint density at radius 3 is 2.53 bits per heavy atom. The Morgan fingerprint density at radius 2 is 2.00 bits per heavy atom. The summed E-state index contributed by atoms with van der Waals surface area (Å²) in [7, 11) is 0. The Labute approximate surface area is 105 Å². The van der Waals surface area contributed by atoms with Crippen molar-refractivity contribution in [1.82, 2.24) is 5.32 Å². The number of hydrogen-bond donors (Lipinski definition) is 2. The minimum absolute atomic E-state index is 0. The molecule has 1 aromatic rings. The van der Waals surface area contributed by atoms with Crippen LogP contribution in [-0.2, 0) is 0 Å². The zero-order chi connectivity index (χ0) is 11.5. The summed E-state index contributed by atoms with van der Waals surface area (Å²) in [6.07, 6.45) is 0. The normalized spacial score (nSPS) is 15.2. The Bertz CT molecular complexity index is 408. The second-order valence-electron chi connectivity index (χ2n) is 3.71. The number of piperazine rings is 1. The molecule has 6 heteroatoms. The average Bonchev–Trinajstić information content (AvgIpc) is 2.30. The molecule has 94 valence electrons. The molecule has 0 radical (unpaired) electrons. The summed E-state index contributed by atoms with van der Waals surface area (Å²) in [5.74, 6) is -1.58. The van der Waals surface area contributed by atoms with Gasteiger partial charge in [0.15, 0.2) is 0 Å². The molecule has 0 spiro atoms. The van der Waals surface area contributed by atoms with Crippen LogP contribution in [0.2, 0.25) is 0 Å². The predicted molar refractivity (Wildman–Crippen MR) is 65.7 cm³/mol. The summed E-state index contributed by atoms with van der Waals surface area (Å²) >= 11 is 0. The lowest BCUT2D eigenvalue weighted by molar-refractivity contribution is 0.0696. The molecule has 0 aromatic heterocycles. The SMILES string of the molecule is Cl.O=C(O)c1ccc(N2CCNCC2)c(F)c1. The zero-order valence-corrected chi connectivity index (χ0v) is 9.97. The Balaban J connectivity index is 0.00000144. The molecule has 0 unspecified atom stereocenters. The van der Waals surface area contributed by atoms with E-state index in [0.29, 0.717) is 5.69 Å². The van der Waals surface area contributed by atoms with Gasteiger partial charge in [0, 0.05) is 26.2 Å². The number of rotatable bonds is 2. The average molecular weight is 261 g/mol. The summed E-state index contributed by atoms with van der Waals surface area (Å²) in [6, 6.07) is 4.03. The van der Waals surface area contributed by atoms with E-state index in [4.69, 9.17) is 5.11 Å². The topological polar surface area (TPSA) is 52.6 Å². The van der Waals surface area contributed by atoms with Gasteiger partial charge in [0.05, 0.1) is 11.3 Å². The van der Waals surface area contributed by atoms with Crippen LogP contribution in [0.25, 0.3) is 0 Å². The van der Waals surface area contributed by atoms with Crippen molar-refractivity contribution in [2.45, 2.75) is 0 Å². The van der Waals surface area contributed by atoms with Crippen molar-refractivity contribution < 1.29 is 14.3 Å².